The first-order chi connectivity index (χ1) is 12.5. The molecular formula is C19H24ClN5O. The summed E-state index contributed by atoms with van der Waals surface area (Å²) in [6, 6.07) is 13.5. The number of nitrogens with one attached hydrogen (secondary N) is 3. The Bertz CT molecular complexity index is 776. The Labute approximate surface area is 159 Å². The van der Waals surface area contributed by atoms with Crippen molar-refractivity contribution in [2.75, 3.05) is 40.7 Å². The number of hydrogen-bond acceptors (Lipinski definition) is 5. The Morgan fingerprint density at radius 1 is 1.15 bits per heavy atom. The van der Waals surface area contributed by atoms with Crippen molar-refractivity contribution in [3.05, 3.63) is 47.5 Å². The number of benzene rings is 2. The molecular weight excluding hydrogens is 350 g/mol. The molecule has 2 aromatic rings. The smallest absolute Gasteiger partial charge is 0.265 e. The standard InChI is InChI=1S/C19H24ClN5O/c1-4-25(5-2)15-9-7-14(8-10-15)22-23-18-19(26)24(3)17-11-6-13(20)12-16(17)21-18/h6-12,18,21-23H,4-5H2,1-3H3. The average molecular weight is 374 g/mol. The van der Waals surface area contributed by atoms with Crippen LogP contribution in [0.15, 0.2) is 42.5 Å². The molecule has 6 nitrogen and oxygen atoms in total. The third-order valence-electron chi connectivity index (χ3n) is 4.55. The van der Waals surface area contributed by atoms with E-state index in [-0.39, 0.29) is 5.91 Å². The molecule has 26 heavy (non-hydrogen) atoms. The number of rotatable bonds is 6. The van der Waals surface area contributed by atoms with E-state index in [4.69, 9.17) is 11.6 Å². The summed E-state index contributed by atoms with van der Waals surface area (Å²) >= 11 is 6.06. The highest BCUT2D eigenvalue weighted by Crippen LogP contribution is 2.32. The fourth-order valence-electron chi connectivity index (χ4n) is 3.04. The second kappa shape index (κ2) is 7.85. The Balaban J connectivity index is 1.67. The average Bonchev–Trinajstić information content (AvgIpc) is 2.65. The summed E-state index contributed by atoms with van der Waals surface area (Å²) < 4.78 is 0. The Kier molecular flexibility index (Phi) is 5.54. The van der Waals surface area contributed by atoms with E-state index in [9.17, 15) is 4.79 Å². The van der Waals surface area contributed by atoms with E-state index in [0.717, 1.165) is 30.2 Å². The van der Waals surface area contributed by atoms with Crippen LogP contribution < -0.4 is 26.0 Å². The molecule has 0 saturated heterocycles. The number of hydrazine groups is 1. The van der Waals surface area contributed by atoms with E-state index < -0.39 is 6.17 Å². The third kappa shape index (κ3) is 3.71. The van der Waals surface area contributed by atoms with Gasteiger partial charge >= 0.3 is 0 Å². The lowest BCUT2D eigenvalue weighted by molar-refractivity contribution is -0.119. The summed E-state index contributed by atoms with van der Waals surface area (Å²) in [5.41, 5.74) is 9.83. The van der Waals surface area contributed by atoms with Gasteiger partial charge in [0.2, 0.25) is 0 Å². The Morgan fingerprint density at radius 2 is 1.85 bits per heavy atom. The van der Waals surface area contributed by atoms with Crippen LogP contribution in [-0.4, -0.2) is 32.2 Å². The number of carbonyl (C=O) groups excluding carboxylic acids is 1. The van der Waals surface area contributed by atoms with Crippen molar-refractivity contribution < 1.29 is 4.79 Å². The van der Waals surface area contributed by atoms with Crippen LogP contribution in [0.4, 0.5) is 22.7 Å². The molecule has 1 unspecified atom stereocenters. The molecule has 3 rings (SSSR count). The number of hydrogen-bond donors (Lipinski definition) is 3. The molecule has 0 aliphatic carbocycles. The van der Waals surface area contributed by atoms with E-state index in [1.807, 2.05) is 24.3 Å². The summed E-state index contributed by atoms with van der Waals surface area (Å²) in [6.07, 6.45) is -0.589. The minimum atomic E-state index is -0.589. The van der Waals surface area contributed by atoms with Gasteiger partial charge in [-0.3, -0.25) is 4.79 Å². The van der Waals surface area contributed by atoms with E-state index in [0.29, 0.717) is 5.02 Å². The molecule has 2 aromatic carbocycles. The van der Waals surface area contributed by atoms with Crippen molar-refractivity contribution in [2.45, 2.75) is 20.0 Å². The Hall–Kier alpha value is -2.44. The van der Waals surface area contributed by atoms with Gasteiger partial charge in [-0.15, -0.1) is 0 Å². The highest BCUT2D eigenvalue weighted by Gasteiger charge is 2.30. The molecule has 1 aliphatic rings. The maximum absolute atomic E-state index is 12.5. The van der Waals surface area contributed by atoms with Gasteiger partial charge in [-0.05, 0) is 56.3 Å². The first kappa shape index (κ1) is 18.4. The maximum Gasteiger partial charge on any atom is 0.265 e. The summed E-state index contributed by atoms with van der Waals surface area (Å²) in [5, 5.41) is 3.80. The molecule has 138 valence electrons. The lowest BCUT2D eigenvalue weighted by atomic mass is 10.2. The molecule has 3 N–H and O–H groups in total. The fraction of sp³-hybridized carbons (Fsp3) is 0.316. The quantitative estimate of drug-likeness (QED) is 0.676. The van der Waals surface area contributed by atoms with Gasteiger partial charge < -0.3 is 20.5 Å². The van der Waals surface area contributed by atoms with Crippen LogP contribution in [-0.2, 0) is 4.79 Å². The van der Waals surface area contributed by atoms with Crippen LogP contribution in [0.2, 0.25) is 5.02 Å². The molecule has 0 saturated carbocycles. The Morgan fingerprint density at radius 3 is 2.50 bits per heavy atom. The van der Waals surface area contributed by atoms with Gasteiger partial charge in [-0.2, -0.15) is 0 Å². The zero-order valence-electron chi connectivity index (χ0n) is 15.2. The van der Waals surface area contributed by atoms with Gasteiger partial charge in [0, 0.05) is 36.5 Å². The summed E-state index contributed by atoms with van der Waals surface area (Å²) in [4.78, 5) is 16.4. The van der Waals surface area contributed by atoms with Gasteiger partial charge in [0.15, 0.2) is 6.17 Å². The van der Waals surface area contributed by atoms with E-state index in [1.165, 1.54) is 5.69 Å². The molecule has 1 heterocycles. The second-order valence-electron chi connectivity index (χ2n) is 6.12. The SMILES string of the molecule is CCN(CC)c1ccc(NNC2Nc3cc(Cl)ccc3N(C)C2=O)cc1. The number of carbonyl (C=O) groups is 1. The van der Waals surface area contributed by atoms with Crippen molar-refractivity contribution in [1.29, 1.82) is 0 Å². The summed E-state index contributed by atoms with van der Waals surface area (Å²) in [7, 11) is 1.75. The van der Waals surface area contributed by atoms with Crippen LogP contribution in [0, 0.1) is 0 Å². The number of nitrogens with zero attached hydrogens (tertiary/aromatic N) is 2. The molecule has 0 radical (unpaired) electrons. The molecule has 0 fully saturated rings. The normalized spacial score (nSPS) is 16.1. The van der Waals surface area contributed by atoms with Crippen molar-refractivity contribution >= 4 is 40.3 Å². The van der Waals surface area contributed by atoms with Crippen molar-refractivity contribution in [3.63, 3.8) is 0 Å². The first-order valence-corrected chi connectivity index (χ1v) is 9.11. The van der Waals surface area contributed by atoms with Crippen molar-refractivity contribution in [1.82, 2.24) is 5.43 Å². The minimum Gasteiger partial charge on any atom is -0.372 e. The van der Waals surface area contributed by atoms with Gasteiger partial charge in [-0.25, -0.2) is 5.43 Å². The predicted octanol–water partition coefficient (Wildman–Crippen LogP) is 3.52. The van der Waals surface area contributed by atoms with Gasteiger partial charge in [-0.1, -0.05) is 11.6 Å². The number of fused-ring (bicyclic) bond motifs is 1. The summed E-state index contributed by atoms with van der Waals surface area (Å²) in [6.45, 7) is 6.21. The van der Waals surface area contributed by atoms with Crippen molar-refractivity contribution in [2.24, 2.45) is 0 Å². The van der Waals surface area contributed by atoms with E-state index >= 15 is 0 Å². The molecule has 0 bridgehead atoms. The minimum absolute atomic E-state index is 0.0768. The molecule has 0 spiro atoms. The first-order valence-electron chi connectivity index (χ1n) is 8.73. The summed E-state index contributed by atoms with van der Waals surface area (Å²) in [5.74, 6) is -0.0768. The number of halogens is 1. The van der Waals surface area contributed by atoms with Crippen LogP contribution >= 0.6 is 11.6 Å². The predicted molar refractivity (Wildman–Crippen MR) is 109 cm³/mol. The lowest BCUT2D eigenvalue weighted by Crippen LogP contribution is -2.54. The zero-order valence-corrected chi connectivity index (χ0v) is 16.0. The molecule has 0 aromatic heterocycles. The van der Waals surface area contributed by atoms with Crippen LogP contribution in [0.1, 0.15) is 13.8 Å². The molecule has 1 aliphatic heterocycles. The topological polar surface area (TPSA) is 59.6 Å². The molecule has 1 atom stereocenters. The highest BCUT2D eigenvalue weighted by atomic mass is 35.5. The third-order valence-corrected chi connectivity index (χ3v) is 4.79. The number of amides is 1. The van der Waals surface area contributed by atoms with Gasteiger partial charge in [0.05, 0.1) is 11.4 Å². The highest BCUT2D eigenvalue weighted by molar-refractivity contribution is 6.31. The lowest BCUT2D eigenvalue weighted by Gasteiger charge is -2.33. The van der Waals surface area contributed by atoms with Gasteiger partial charge in [0.1, 0.15) is 0 Å². The van der Waals surface area contributed by atoms with Crippen LogP contribution in [0.25, 0.3) is 0 Å². The molecule has 7 heteroatoms. The fourth-order valence-corrected chi connectivity index (χ4v) is 3.22. The monoisotopic (exact) mass is 373 g/mol. The number of anilines is 4. The maximum atomic E-state index is 12.5. The van der Waals surface area contributed by atoms with E-state index in [2.05, 4.69) is 47.0 Å². The van der Waals surface area contributed by atoms with E-state index in [1.54, 1.807) is 18.0 Å². The largest absolute Gasteiger partial charge is 0.372 e. The molecule has 1 amide bonds. The number of likely N-dealkylation sites (N-methyl/N-ethyl adjacent to an activating group) is 1. The van der Waals surface area contributed by atoms with Crippen LogP contribution in [0.3, 0.4) is 0 Å². The van der Waals surface area contributed by atoms with Gasteiger partial charge in [0.25, 0.3) is 5.91 Å². The second-order valence-corrected chi connectivity index (χ2v) is 6.56. The van der Waals surface area contributed by atoms with Crippen molar-refractivity contribution in [3.8, 4) is 0 Å². The van der Waals surface area contributed by atoms with Crippen LogP contribution in [0.5, 0.6) is 0 Å². The zero-order chi connectivity index (χ0) is 18.7.